The predicted octanol–water partition coefficient (Wildman–Crippen LogP) is 2.80. The van der Waals surface area contributed by atoms with Crippen LogP contribution in [0.4, 0.5) is 0 Å². The first-order chi connectivity index (χ1) is 5.94. The lowest BCUT2D eigenvalue weighted by Gasteiger charge is -1.99. The molecule has 0 aromatic carbocycles. The molecule has 0 amide bonds. The van der Waals surface area contributed by atoms with Gasteiger partial charge in [-0.2, -0.15) is 0 Å². The fraction of sp³-hybridized carbons (Fsp3) is 0.600. The van der Waals surface area contributed by atoms with Crippen LogP contribution in [0.15, 0.2) is 15.2 Å². The third-order valence-corrected chi connectivity index (χ3v) is 3.51. The minimum Gasteiger partial charge on any atom is -0.454 e. The fourth-order valence-corrected chi connectivity index (χ4v) is 2.46. The maximum absolute atomic E-state index is 5.98. The van der Waals surface area contributed by atoms with E-state index in [0.29, 0.717) is 5.92 Å². The Morgan fingerprint density at radius 2 is 2.08 bits per heavy atom. The minimum atomic E-state index is 0.196. The van der Waals surface area contributed by atoms with Crippen molar-refractivity contribution in [1.82, 2.24) is 0 Å². The Kier molecular flexibility index (Phi) is 1.86. The number of hydrogen-bond donors (Lipinski definition) is 1. The van der Waals surface area contributed by atoms with Gasteiger partial charge in [0.25, 0.3) is 0 Å². The van der Waals surface area contributed by atoms with Crippen molar-refractivity contribution in [2.45, 2.75) is 32.7 Å². The zero-order chi connectivity index (χ0) is 9.80. The molecule has 1 aliphatic carbocycles. The molecule has 2 atom stereocenters. The molecule has 0 bridgehead atoms. The summed E-state index contributed by atoms with van der Waals surface area (Å²) in [5.41, 5.74) is 7.37. The molecule has 13 heavy (non-hydrogen) atoms. The Labute approximate surface area is 86.6 Å². The number of halogens is 1. The number of hydrogen-bond acceptors (Lipinski definition) is 2. The Morgan fingerprint density at radius 1 is 1.54 bits per heavy atom. The van der Waals surface area contributed by atoms with Gasteiger partial charge in [-0.05, 0) is 39.9 Å². The normalized spacial score (nSPS) is 30.5. The molecule has 1 saturated carbocycles. The van der Waals surface area contributed by atoms with Gasteiger partial charge in [0, 0.05) is 12.0 Å². The average Bonchev–Trinajstić information content (AvgIpc) is 2.36. The molecule has 0 saturated heterocycles. The first-order valence-corrected chi connectivity index (χ1v) is 5.25. The van der Waals surface area contributed by atoms with Crippen molar-refractivity contribution < 1.29 is 4.42 Å². The van der Waals surface area contributed by atoms with Crippen molar-refractivity contribution in [2.75, 3.05) is 0 Å². The third kappa shape index (κ3) is 1.25. The van der Waals surface area contributed by atoms with Gasteiger partial charge in [-0.1, -0.05) is 13.8 Å². The lowest BCUT2D eigenvalue weighted by Crippen LogP contribution is -2.06. The van der Waals surface area contributed by atoms with Crippen LogP contribution in [0.1, 0.15) is 31.1 Å². The van der Waals surface area contributed by atoms with E-state index in [9.17, 15) is 0 Å². The van der Waals surface area contributed by atoms with Gasteiger partial charge in [-0.3, -0.25) is 0 Å². The summed E-state index contributed by atoms with van der Waals surface area (Å²) in [6.45, 7) is 6.42. The first-order valence-electron chi connectivity index (χ1n) is 4.46. The van der Waals surface area contributed by atoms with Crippen LogP contribution in [0, 0.1) is 12.3 Å². The largest absolute Gasteiger partial charge is 0.454 e. The molecule has 3 heteroatoms. The van der Waals surface area contributed by atoms with Crippen molar-refractivity contribution in [3.05, 3.63) is 22.1 Å². The zero-order valence-electron chi connectivity index (χ0n) is 8.10. The van der Waals surface area contributed by atoms with Crippen LogP contribution >= 0.6 is 15.9 Å². The van der Waals surface area contributed by atoms with Crippen LogP contribution in [0.3, 0.4) is 0 Å². The standard InChI is InChI=1S/C10H14BrNO/c1-5-4-6(11)13-8(5)7-9(12)10(7,2)3/h4,7,9H,12H2,1-3H3. The van der Waals surface area contributed by atoms with Crippen molar-refractivity contribution in [3.8, 4) is 0 Å². The monoisotopic (exact) mass is 243 g/mol. The third-order valence-electron chi connectivity index (χ3n) is 3.12. The van der Waals surface area contributed by atoms with Crippen molar-refractivity contribution in [1.29, 1.82) is 0 Å². The van der Waals surface area contributed by atoms with Gasteiger partial charge in [-0.15, -0.1) is 0 Å². The SMILES string of the molecule is Cc1cc(Br)oc1C1C(N)C1(C)C. The van der Waals surface area contributed by atoms with E-state index in [1.54, 1.807) is 0 Å². The van der Waals surface area contributed by atoms with Crippen molar-refractivity contribution in [3.63, 3.8) is 0 Å². The summed E-state index contributed by atoms with van der Waals surface area (Å²) in [4.78, 5) is 0. The van der Waals surface area contributed by atoms with Crippen molar-refractivity contribution >= 4 is 15.9 Å². The Bertz CT molecular complexity index is 343. The summed E-state index contributed by atoms with van der Waals surface area (Å²) in [5, 5.41) is 0. The molecule has 2 N–H and O–H groups in total. The molecule has 2 nitrogen and oxygen atoms in total. The Hall–Kier alpha value is -0.280. The van der Waals surface area contributed by atoms with E-state index < -0.39 is 0 Å². The predicted molar refractivity (Wildman–Crippen MR) is 55.6 cm³/mol. The van der Waals surface area contributed by atoms with Gasteiger partial charge in [0.05, 0.1) is 0 Å². The van der Waals surface area contributed by atoms with Crippen LogP contribution in [0.2, 0.25) is 0 Å². The summed E-state index contributed by atoms with van der Waals surface area (Å²) in [6.07, 6.45) is 0. The summed E-state index contributed by atoms with van der Waals surface area (Å²) in [7, 11) is 0. The van der Waals surface area contributed by atoms with E-state index in [0.717, 1.165) is 10.4 Å². The van der Waals surface area contributed by atoms with E-state index >= 15 is 0 Å². The first kappa shape index (κ1) is 9.28. The van der Waals surface area contributed by atoms with E-state index in [1.807, 2.05) is 6.07 Å². The van der Waals surface area contributed by atoms with Gasteiger partial charge in [0.1, 0.15) is 5.76 Å². The summed E-state index contributed by atoms with van der Waals surface area (Å²) in [6, 6.07) is 2.24. The van der Waals surface area contributed by atoms with Crippen LogP contribution < -0.4 is 5.73 Å². The fourth-order valence-electron chi connectivity index (χ4n) is 1.94. The lowest BCUT2D eigenvalue weighted by atomic mass is 10.1. The number of nitrogens with two attached hydrogens (primary N) is 1. The van der Waals surface area contributed by atoms with Gasteiger partial charge in [0.15, 0.2) is 4.67 Å². The highest BCUT2D eigenvalue weighted by Gasteiger charge is 2.58. The van der Waals surface area contributed by atoms with E-state index in [2.05, 4.69) is 36.7 Å². The van der Waals surface area contributed by atoms with E-state index in [4.69, 9.17) is 10.2 Å². The highest BCUT2D eigenvalue weighted by molar-refractivity contribution is 9.10. The molecule has 0 aliphatic heterocycles. The number of rotatable bonds is 1. The van der Waals surface area contributed by atoms with Crippen LogP contribution in [0.5, 0.6) is 0 Å². The van der Waals surface area contributed by atoms with Gasteiger partial charge < -0.3 is 10.2 Å². The maximum atomic E-state index is 5.98. The van der Waals surface area contributed by atoms with Gasteiger partial charge in [-0.25, -0.2) is 0 Å². The van der Waals surface area contributed by atoms with Crippen LogP contribution in [-0.4, -0.2) is 6.04 Å². The molecule has 2 unspecified atom stereocenters. The molecule has 1 aliphatic rings. The van der Waals surface area contributed by atoms with Crippen molar-refractivity contribution in [2.24, 2.45) is 11.1 Å². The lowest BCUT2D eigenvalue weighted by molar-refractivity contribution is 0.462. The second kappa shape index (κ2) is 2.61. The molecule has 1 aromatic heterocycles. The maximum Gasteiger partial charge on any atom is 0.169 e. The molecule has 2 rings (SSSR count). The smallest absolute Gasteiger partial charge is 0.169 e. The number of furan rings is 1. The van der Waals surface area contributed by atoms with Crippen LogP contribution in [-0.2, 0) is 0 Å². The molecule has 0 radical (unpaired) electrons. The number of aryl methyl sites for hydroxylation is 1. The molecular weight excluding hydrogens is 230 g/mol. The summed E-state index contributed by atoms with van der Waals surface area (Å²) < 4.78 is 6.38. The Balaban J connectivity index is 2.34. The molecule has 1 fully saturated rings. The second-order valence-electron chi connectivity index (χ2n) is 4.42. The highest BCUT2D eigenvalue weighted by Crippen LogP contribution is 2.58. The molecule has 72 valence electrons. The summed E-state index contributed by atoms with van der Waals surface area (Å²) in [5.74, 6) is 1.43. The quantitative estimate of drug-likeness (QED) is 0.824. The molecule has 1 heterocycles. The van der Waals surface area contributed by atoms with E-state index in [-0.39, 0.29) is 11.5 Å². The van der Waals surface area contributed by atoms with Gasteiger partial charge in [0.2, 0.25) is 0 Å². The van der Waals surface area contributed by atoms with Gasteiger partial charge >= 0.3 is 0 Å². The topological polar surface area (TPSA) is 39.2 Å². The summed E-state index contributed by atoms with van der Waals surface area (Å²) >= 11 is 3.33. The van der Waals surface area contributed by atoms with E-state index in [1.165, 1.54) is 5.56 Å². The average molecular weight is 244 g/mol. The second-order valence-corrected chi connectivity index (χ2v) is 5.20. The Morgan fingerprint density at radius 3 is 2.38 bits per heavy atom. The molecule has 0 spiro atoms. The minimum absolute atomic E-state index is 0.196. The van der Waals surface area contributed by atoms with Crippen LogP contribution in [0.25, 0.3) is 0 Å². The zero-order valence-corrected chi connectivity index (χ0v) is 9.68. The highest BCUT2D eigenvalue weighted by atomic mass is 79.9. The molecule has 1 aromatic rings. The molecular formula is C10H14BrNO.